The van der Waals surface area contributed by atoms with Gasteiger partial charge in [-0.2, -0.15) is 0 Å². The largest absolute Gasteiger partial charge is 0.488 e. The molecular formula is C17H31IN4O3S. The Bertz CT molecular complexity index is 673. The minimum atomic E-state index is -3.13. The highest BCUT2D eigenvalue weighted by atomic mass is 127. The van der Waals surface area contributed by atoms with Gasteiger partial charge in [-0.1, -0.05) is 18.2 Å². The fourth-order valence-electron chi connectivity index (χ4n) is 2.03. The van der Waals surface area contributed by atoms with Gasteiger partial charge in [0.1, 0.15) is 11.4 Å². The van der Waals surface area contributed by atoms with Crippen LogP contribution in [0.1, 0.15) is 32.8 Å². The molecule has 0 amide bonds. The van der Waals surface area contributed by atoms with Crippen LogP contribution >= 0.6 is 24.0 Å². The number of hydrogen-bond acceptors (Lipinski definition) is 4. The highest BCUT2D eigenvalue weighted by molar-refractivity contribution is 14.0. The molecule has 150 valence electrons. The highest BCUT2D eigenvalue weighted by Gasteiger charge is 2.14. The third-order valence-corrected chi connectivity index (χ3v) is 3.80. The van der Waals surface area contributed by atoms with E-state index in [1.165, 1.54) is 0 Å². The molecule has 1 rings (SSSR count). The molecule has 9 heteroatoms. The monoisotopic (exact) mass is 498 g/mol. The van der Waals surface area contributed by atoms with Crippen LogP contribution in [0.4, 0.5) is 0 Å². The molecule has 1 aromatic carbocycles. The average molecular weight is 498 g/mol. The molecule has 0 spiro atoms. The predicted octanol–water partition coefficient (Wildman–Crippen LogP) is 2.09. The van der Waals surface area contributed by atoms with E-state index in [-0.39, 0.29) is 29.6 Å². The lowest BCUT2D eigenvalue weighted by Crippen LogP contribution is -2.38. The fourth-order valence-corrected chi connectivity index (χ4v) is 2.55. The lowest BCUT2D eigenvalue weighted by molar-refractivity contribution is 0.129. The molecule has 0 aliphatic rings. The summed E-state index contributed by atoms with van der Waals surface area (Å²) in [6, 6.07) is 7.89. The summed E-state index contributed by atoms with van der Waals surface area (Å²) in [5, 5.41) is 6.40. The van der Waals surface area contributed by atoms with Crippen molar-refractivity contribution in [1.29, 1.82) is 0 Å². The number of halogens is 1. The van der Waals surface area contributed by atoms with Gasteiger partial charge in [0, 0.05) is 32.2 Å². The van der Waals surface area contributed by atoms with Crippen molar-refractivity contribution >= 4 is 40.0 Å². The second-order valence-corrected chi connectivity index (χ2v) is 8.53. The molecule has 1 aromatic rings. The van der Waals surface area contributed by atoms with Gasteiger partial charge in [0.15, 0.2) is 5.96 Å². The summed E-state index contributed by atoms with van der Waals surface area (Å²) in [5.41, 5.74) is 0.780. The lowest BCUT2D eigenvalue weighted by atomic mass is 10.1. The molecule has 0 saturated carbocycles. The molecule has 26 heavy (non-hydrogen) atoms. The van der Waals surface area contributed by atoms with Crippen LogP contribution in [-0.4, -0.2) is 46.4 Å². The SMILES string of the molecule is CN=C(NCCCNS(C)(=O)=O)NCc1ccccc1OC(C)(C)C.I. The van der Waals surface area contributed by atoms with Crippen LogP contribution in [0.25, 0.3) is 0 Å². The van der Waals surface area contributed by atoms with E-state index in [4.69, 9.17) is 4.74 Å². The van der Waals surface area contributed by atoms with E-state index >= 15 is 0 Å². The van der Waals surface area contributed by atoms with E-state index < -0.39 is 10.0 Å². The standard InChI is InChI=1S/C17H30N4O3S.HI/c1-17(2,3)24-15-10-7-6-9-14(15)13-20-16(18-4)19-11-8-12-21-25(5,22)23;/h6-7,9-10,21H,8,11-13H2,1-5H3,(H2,18,19,20);1H. The number of rotatable bonds is 8. The van der Waals surface area contributed by atoms with Crippen molar-refractivity contribution in [3.63, 3.8) is 0 Å². The highest BCUT2D eigenvalue weighted by Crippen LogP contribution is 2.22. The van der Waals surface area contributed by atoms with Gasteiger partial charge in [-0.05, 0) is 33.3 Å². The number of nitrogens with one attached hydrogen (secondary N) is 3. The summed E-state index contributed by atoms with van der Waals surface area (Å²) in [6.45, 7) is 7.63. The van der Waals surface area contributed by atoms with Crippen LogP contribution in [0, 0.1) is 0 Å². The molecular weight excluding hydrogens is 467 g/mol. The zero-order valence-corrected chi connectivity index (χ0v) is 19.3. The Labute approximate surface area is 174 Å². The quantitative estimate of drug-likeness (QED) is 0.221. The summed E-state index contributed by atoms with van der Waals surface area (Å²) in [6.07, 6.45) is 1.81. The maximum absolute atomic E-state index is 11.0. The molecule has 0 fully saturated rings. The molecule has 0 atom stereocenters. The first-order valence-corrected chi connectivity index (χ1v) is 10.2. The van der Waals surface area contributed by atoms with E-state index in [1.54, 1.807) is 7.05 Å². The van der Waals surface area contributed by atoms with Crippen molar-refractivity contribution in [3.05, 3.63) is 29.8 Å². The predicted molar refractivity (Wildman–Crippen MR) is 118 cm³/mol. The van der Waals surface area contributed by atoms with E-state index in [9.17, 15) is 8.42 Å². The van der Waals surface area contributed by atoms with Gasteiger partial charge in [0.05, 0.1) is 6.26 Å². The van der Waals surface area contributed by atoms with E-state index in [2.05, 4.69) is 20.3 Å². The first-order chi connectivity index (χ1) is 11.6. The van der Waals surface area contributed by atoms with Crippen molar-refractivity contribution in [1.82, 2.24) is 15.4 Å². The first kappa shape index (κ1) is 24.9. The number of benzene rings is 1. The fraction of sp³-hybridized carbons (Fsp3) is 0.588. The van der Waals surface area contributed by atoms with E-state index in [0.29, 0.717) is 32.0 Å². The molecule has 0 saturated heterocycles. The van der Waals surface area contributed by atoms with E-state index in [1.807, 2.05) is 45.0 Å². The molecule has 0 unspecified atom stereocenters. The normalized spacial score (nSPS) is 12.3. The van der Waals surface area contributed by atoms with Crippen LogP contribution in [0.2, 0.25) is 0 Å². The molecule has 0 aliphatic heterocycles. The van der Waals surface area contributed by atoms with Crippen LogP contribution < -0.4 is 20.1 Å². The zero-order chi connectivity index (χ0) is 18.9. The van der Waals surface area contributed by atoms with E-state index in [0.717, 1.165) is 17.6 Å². The average Bonchev–Trinajstić information content (AvgIpc) is 2.48. The smallest absolute Gasteiger partial charge is 0.208 e. The number of ether oxygens (including phenoxy) is 1. The third-order valence-electron chi connectivity index (χ3n) is 3.07. The van der Waals surface area contributed by atoms with Gasteiger partial charge in [0.2, 0.25) is 10.0 Å². The lowest BCUT2D eigenvalue weighted by Gasteiger charge is -2.23. The van der Waals surface area contributed by atoms with Crippen molar-refractivity contribution in [3.8, 4) is 5.75 Å². The summed E-state index contributed by atoms with van der Waals surface area (Å²) < 4.78 is 30.4. The topological polar surface area (TPSA) is 91.8 Å². The van der Waals surface area contributed by atoms with Gasteiger partial charge in [0.25, 0.3) is 0 Å². The van der Waals surface area contributed by atoms with Gasteiger partial charge in [-0.3, -0.25) is 4.99 Å². The molecule has 0 aliphatic carbocycles. The zero-order valence-electron chi connectivity index (χ0n) is 16.1. The number of sulfonamides is 1. The van der Waals surface area contributed by atoms with Crippen LogP contribution in [0.15, 0.2) is 29.3 Å². The van der Waals surface area contributed by atoms with Crippen molar-refractivity contribution < 1.29 is 13.2 Å². The number of para-hydroxylation sites is 1. The summed E-state index contributed by atoms with van der Waals surface area (Å²) in [4.78, 5) is 4.17. The number of guanidine groups is 1. The van der Waals surface area contributed by atoms with Crippen LogP contribution in [0.3, 0.4) is 0 Å². The van der Waals surface area contributed by atoms with Crippen molar-refractivity contribution in [2.24, 2.45) is 4.99 Å². The first-order valence-electron chi connectivity index (χ1n) is 8.27. The minimum absolute atomic E-state index is 0. The number of aliphatic imine (C=N–C) groups is 1. The van der Waals surface area contributed by atoms with Crippen molar-refractivity contribution in [2.45, 2.75) is 39.3 Å². The molecule has 0 bridgehead atoms. The number of hydrogen-bond donors (Lipinski definition) is 3. The van der Waals surface area contributed by atoms with Crippen LogP contribution in [0.5, 0.6) is 5.75 Å². The summed E-state index contributed by atoms with van der Waals surface area (Å²) in [7, 11) is -1.44. The maximum Gasteiger partial charge on any atom is 0.208 e. The Hall–Kier alpha value is -1.07. The molecule has 0 heterocycles. The van der Waals surface area contributed by atoms with Gasteiger partial charge >= 0.3 is 0 Å². The second-order valence-electron chi connectivity index (χ2n) is 6.69. The Kier molecular flexibility index (Phi) is 11.1. The van der Waals surface area contributed by atoms with Gasteiger partial charge in [-0.15, -0.1) is 24.0 Å². The van der Waals surface area contributed by atoms with Crippen molar-refractivity contribution in [2.75, 3.05) is 26.4 Å². The summed E-state index contributed by atoms with van der Waals surface area (Å²) >= 11 is 0. The second kappa shape index (κ2) is 11.6. The number of nitrogens with zero attached hydrogens (tertiary/aromatic N) is 1. The Morgan fingerprint density at radius 2 is 1.81 bits per heavy atom. The molecule has 3 N–H and O–H groups in total. The third kappa shape index (κ3) is 11.5. The molecule has 0 radical (unpaired) electrons. The van der Waals surface area contributed by atoms with Crippen LogP contribution in [-0.2, 0) is 16.6 Å². The minimum Gasteiger partial charge on any atom is -0.488 e. The Balaban J connectivity index is 0.00000625. The molecule has 7 nitrogen and oxygen atoms in total. The van der Waals surface area contributed by atoms with Gasteiger partial charge in [-0.25, -0.2) is 13.1 Å². The molecule has 0 aromatic heterocycles. The summed E-state index contributed by atoms with van der Waals surface area (Å²) in [5.74, 6) is 1.50. The maximum atomic E-state index is 11.0. The Morgan fingerprint density at radius 3 is 2.38 bits per heavy atom. The van der Waals surface area contributed by atoms with Gasteiger partial charge < -0.3 is 15.4 Å². The Morgan fingerprint density at radius 1 is 1.15 bits per heavy atom.